The smallest absolute Gasteiger partial charge is 0.310 e. The van der Waals surface area contributed by atoms with Crippen LogP contribution in [0.15, 0.2) is 42.7 Å². The fourth-order valence-electron chi connectivity index (χ4n) is 1.49. The van der Waals surface area contributed by atoms with Crippen molar-refractivity contribution in [2.75, 3.05) is 5.32 Å². The summed E-state index contributed by atoms with van der Waals surface area (Å²) in [5.74, 6) is 0. The maximum absolute atomic E-state index is 10.8. The second-order valence-corrected chi connectivity index (χ2v) is 3.63. The topological polar surface area (TPSA) is 88.3 Å². The van der Waals surface area contributed by atoms with Crippen molar-refractivity contribution in [3.05, 3.63) is 58.4 Å². The van der Waals surface area contributed by atoms with E-state index < -0.39 is 4.92 Å². The Kier molecular flexibility index (Phi) is 3.49. The van der Waals surface area contributed by atoms with Gasteiger partial charge in [-0.1, -0.05) is 12.1 Å². The first-order chi connectivity index (χ1) is 8.70. The lowest BCUT2D eigenvalue weighted by atomic mass is 10.2. The minimum absolute atomic E-state index is 0.0321. The van der Waals surface area contributed by atoms with Crippen LogP contribution in [0.25, 0.3) is 0 Å². The molecule has 2 rings (SSSR count). The first-order valence-corrected chi connectivity index (χ1v) is 5.26. The van der Waals surface area contributed by atoms with Crippen molar-refractivity contribution in [3.63, 3.8) is 0 Å². The van der Waals surface area contributed by atoms with Gasteiger partial charge in [0.25, 0.3) is 0 Å². The quantitative estimate of drug-likeness (QED) is 0.637. The van der Waals surface area contributed by atoms with Crippen LogP contribution in [0.5, 0.6) is 0 Å². The van der Waals surface area contributed by atoms with Crippen molar-refractivity contribution in [1.29, 1.82) is 0 Å². The van der Waals surface area contributed by atoms with Gasteiger partial charge in [0, 0.05) is 11.9 Å². The Morgan fingerprint density at radius 1 is 1.28 bits per heavy atom. The molecule has 0 spiro atoms. The summed E-state index contributed by atoms with van der Waals surface area (Å²) >= 11 is 0. The molecule has 0 aliphatic heterocycles. The highest BCUT2D eigenvalue weighted by Crippen LogP contribution is 2.25. The van der Waals surface area contributed by atoms with Crippen LogP contribution in [0.3, 0.4) is 0 Å². The second-order valence-electron chi connectivity index (χ2n) is 3.63. The van der Waals surface area contributed by atoms with Gasteiger partial charge >= 0.3 is 5.69 Å². The minimum Gasteiger partial charge on any atom is -0.392 e. The van der Waals surface area contributed by atoms with Crippen LogP contribution < -0.4 is 5.32 Å². The largest absolute Gasteiger partial charge is 0.392 e. The lowest BCUT2D eigenvalue weighted by molar-refractivity contribution is -0.384. The molecule has 0 saturated heterocycles. The minimum atomic E-state index is -0.489. The van der Waals surface area contributed by atoms with E-state index in [9.17, 15) is 10.1 Å². The van der Waals surface area contributed by atoms with Crippen LogP contribution in [-0.2, 0) is 6.61 Å². The van der Waals surface area contributed by atoms with Gasteiger partial charge in [-0.2, -0.15) is 0 Å². The van der Waals surface area contributed by atoms with Crippen LogP contribution in [0, 0.1) is 10.1 Å². The van der Waals surface area contributed by atoms with Gasteiger partial charge < -0.3 is 10.4 Å². The number of aliphatic hydroxyl groups excluding tert-OH is 1. The molecular formula is C12H11N3O3. The van der Waals surface area contributed by atoms with Gasteiger partial charge in [0.2, 0.25) is 0 Å². The Hall–Kier alpha value is -2.47. The summed E-state index contributed by atoms with van der Waals surface area (Å²) in [7, 11) is 0. The van der Waals surface area contributed by atoms with Gasteiger partial charge in [0.15, 0.2) is 0 Å². The van der Waals surface area contributed by atoms with E-state index in [2.05, 4.69) is 10.3 Å². The number of nitro groups is 1. The van der Waals surface area contributed by atoms with Gasteiger partial charge in [-0.3, -0.25) is 15.1 Å². The fraction of sp³-hybridized carbons (Fsp3) is 0.0833. The van der Waals surface area contributed by atoms with Crippen LogP contribution in [0.1, 0.15) is 5.56 Å². The molecule has 18 heavy (non-hydrogen) atoms. The molecule has 2 N–H and O–H groups in total. The van der Waals surface area contributed by atoms with E-state index in [4.69, 9.17) is 5.11 Å². The van der Waals surface area contributed by atoms with E-state index in [0.717, 1.165) is 5.56 Å². The molecule has 92 valence electrons. The fourth-order valence-corrected chi connectivity index (χ4v) is 1.49. The van der Waals surface area contributed by atoms with E-state index in [1.54, 1.807) is 24.3 Å². The standard InChI is InChI=1S/C12H11N3O3/c16-8-9-1-3-10(4-2-9)14-11-5-6-13-7-12(11)15(17)18/h1-7,16H,8H2,(H,13,14). The van der Waals surface area contributed by atoms with Crippen molar-refractivity contribution in [2.24, 2.45) is 0 Å². The zero-order valence-corrected chi connectivity index (χ0v) is 9.41. The van der Waals surface area contributed by atoms with Crippen molar-refractivity contribution >= 4 is 17.1 Å². The maximum atomic E-state index is 10.8. The van der Waals surface area contributed by atoms with E-state index in [1.165, 1.54) is 18.5 Å². The number of aliphatic hydroxyl groups is 1. The lowest BCUT2D eigenvalue weighted by Crippen LogP contribution is -1.97. The van der Waals surface area contributed by atoms with Gasteiger partial charge in [-0.05, 0) is 23.8 Å². The molecular weight excluding hydrogens is 234 g/mol. The average molecular weight is 245 g/mol. The third-order valence-electron chi connectivity index (χ3n) is 2.41. The number of anilines is 2. The Morgan fingerprint density at radius 3 is 2.61 bits per heavy atom. The molecule has 0 aliphatic rings. The Morgan fingerprint density at radius 2 is 2.00 bits per heavy atom. The molecule has 1 aromatic carbocycles. The number of benzene rings is 1. The van der Waals surface area contributed by atoms with Crippen molar-refractivity contribution in [3.8, 4) is 0 Å². The van der Waals surface area contributed by atoms with Gasteiger partial charge in [0.1, 0.15) is 11.9 Å². The van der Waals surface area contributed by atoms with Gasteiger partial charge in [0.05, 0.1) is 11.5 Å². The highest BCUT2D eigenvalue weighted by Gasteiger charge is 2.12. The van der Waals surface area contributed by atoms with Crippen LogP contribution >= 0.6 is 0 Å². The molecule has 6 nitrogen and oxygen atoms in total. The summed E-state index contributed by atoms with van der Waals surface area (Å²) in [6, 6.07) is 8.52. The van der Waals surface area contributed by atoms with Crippen molar-refractivity contribution in [1.82, 2.24) is 4.98 Å². The summed E-state index contributed by atoms with van der Waals surface area (Å²) < 4.78 is 0. The van der Waals surface area contributed by atoms with Crippen LogP contribution in [-0.4, -0.2) is 15.0 Å². The SMILES string of the molecule is O=[N+]([O-])c1cnccc1Nc1ccc(CO)cc1. The molecule has 1 aromatic heterocycles. The molecule has 0 atom stereocenters. The molecule has 0 bridgehead atoms. The third-order valence-corrected chi connectivity index (χ3v) is 2.41. The van der Waals surface area contributed by atoms with Gasteiger partial charge in [-0.15, -0.1) is 0 Å². The monoisotopic (exact) mass is 245 g/mol. The third kappa shape index (κ3) is 2.61. The highest BCUT2D eigenvalue weighted by molar-refractivity contribution is 5.68. The summed E-state index contributed by atoms with van der Waals surface area (Å²) in [6.07, 6.45) is 2.68. The number of hydrogen-bond donors (Lipinski definition) is 2. The van der Waals surface area contributed by atoms with Crippen molar-refractivity contribution < 1.29 is 10.0 Å². The number of pyridine rings is 1. The zero-order chi connectivity index (χ0) is 13.0. The summed E-state index contributed by atoms with van der Waals surface area (Å²) in [4.78, 5) is 14.0. The van der Waals surface area contributed by atoms with E-state index in [1.807, 2.05) is 0 Å². The average Bonchev–Trinajstić information content (AvgIpc) is 2.40. The Balaban J connectivity index is 2.25. The molecule has 0 radical (unpaired) electrons. The molecule has 0 aliphatic carbocycles. The van der Waals surface area contributed by atoms with Crippen molar-refractivity contribution in [2.45, 2.75) is 6.61 Å². The summed E-state index contributed by atoms with van der Waals surface area (Å²) in [6.45, 7) is -0.0321. The van der Waals surface area contributed by atoms with E-state index in [-0.39, 0.29) is 12.3 Å². The molecule has 1 heterocycles. The molecule has 2 aromatic rings. The molecule has 0 saturated carbocycles. The molecule has 0 unspecified atom stereocenters. The summed E-state index contributed by atoms with van der Waals surface area (Å²) in [5, 5.41) is 22.7. The first-order valence-electron chi connectivity index (χ1n) is 5.26. The molecule has 6 heteroatoms. The van der Waals surface area contributed by atoms with Crippen LogP contribution in [0.2, 0.25) is 0 Å². The second kappa shape index (κ2) is 5.24. The number of aromatic nitrogens is 1. The normalized spacial score (nSPS) is 10.1. The lowest BCUT2D eigenvalue weighted by Gasteiger charge is -2.07. The Bertz CT molecular complexity index is 555. The maximum Gasteiger partial charge on any atom is 0.310 e. The Labute approximate surface area is 103 Å². The molecule has 0 fully saturated rings. The van der Waals surface area contributed by atoms with Gasteiger partial charge in [-0.25, -0.2) is 0 Å². The number of nitrogens with zero attached hydrogens (tertiary/aromatic N) is 2. The summed E-state index contributed by atoms with van der Waals surface area (Å²) in [5.41, 5.74) is 1.79. The van der Waals surface area contributed by atoms with E-state index >= 15 is 0 Å². The predicted octanol–water partition coefficient (Wildman–Crippen LogP) is 2.23. The van der Waals surface area contributed by atoms with E-state index in [0.29, 0.717) is 11.4 Å². The predicted molar refractivity (Wildman–Crippen MR) is 66.5 cm³/mol. The number of rotatable bonds is 4. The number of nitrogens with one attached hydrogen (secondary N) is 1. The van der Waals surface area contributed by atoms with Crippen LogP contribution in [0.4, 0.5) is 17.1 Å². The number of hydrogen-bond acceptors (Lipinski definition) is 5. The zero-order valence-electron chi connectivity index (χ0n) is 9.41. The first kappa shape index (κ1) is 12.0. The molecule has 0 amide bonds. The highest BCUT2D eigenvalue weighted by atomic mass is 16.6.